The van der Waals surface area contributed by atoms with E-state index in [1.807, 2.05) is 4.67 Å². The lowest BCUT2D eigenvalue weighted by molar-refractivity contribution is 0.135. The molecular formula is C14H29N2O3P. The van der Waals surface area contributed by atoms with E-state index in [0.29, 0.717) is 0 Å². The molecule has 2 fully saturated rings. The molecule has 118 valence electrons. The van der Waals surface area contributed by atoms with Crippen molar-refractivity contribution in [3.8, 4) is 0 Å². The molecule has 0 unspecified atom stereocenters. The van der Waals surface area contributed by atoms with Gasteiger partial charge in [0.15, 0.2) is 0 Å². The third-order valence-electron chi connectivity index (χ3n) is 4.73. The fourth-order valence-corrected chi connectivity index (χ4v) is 4.63. The van der Waals surface area contributed by atoms with Gasteiger partial charge in [0, 0.05) is 40.4 Å². The number of rotatable bonds is 6. The van der Waals surface area contributed by atoms with Gasteiger partial charge in [-0.15, -0.1) is 0 Å². The third-order valence-corrected chi connectivity index (χ3v) is 6.75. The molecule has 20 heavy (non-hydrogen) atoms. The van der Waals surface area contributed by atoms with Gasteiger partial charge in [-0.1, -0.05) is 32.1 Å². The first-order valence-electron chi connectivity index (χ1n) is 7.87. The van der Waals surface area contributed by atoms with E-state index in [0.717, 1.165) is 32.1 Å². The molecule has 1 saturated heterocycles. The molecule has 0 radical (unpaired) electrons. The van der Waals surface area contributed by atoms with Crippen molar-refractivity contribution < 1.29 is 13.6 Å². The van der Waals surface area contributed by atoms with Crippen LogP contribution in [0, 0.1) is 5.92 Å². The van der Waals surface area contributed by atoms with E-state index in [1.54, 1.807) is 0 Å². The first kappa shape index (κ1) is 16.4. The third kappa shape index (κ3) is 4.28. The SMILES string of the molecule is COP(=O)(OC)N1CCN(CCC2CCCCC2)CC1. The van der Waals surface area contributed by atoms with Crippen molar-refractivity contribution in [3.63, 3.8) is 0 Å². The van der Waals surface area contributed by atoms with E-state index < -0.39 is 7.75 Å². The zero-order chi connectivity index (χ0) is 14.4. The van der Waals surface area contributed by atoms with Crippen LogP contribution < -0.4 is 0 Å². The Morgan fingerprint density at radius 3 is 2.15 bits per heavy atom. The predicted molar refractivity (Wildman–Crippen MR) is 80.8 cm³/mol. The number of piperazine rings is 1. The van der Waals surface area contributed by atoms with Crippen LogP contribution in [0.15, 0.2) is 0 Å². The molecular weight excluding hydrogens is 275 g/mol. The first-order valence-corrected chi connectivity index (χ1v) is 9.37. The second-order valence-electron chi connectivity index (χ2n) is 5.92. The van der Waals surface area contributed by atoms with Gasteiger partial charge in [-0.2, -0.15) is 0 Å². The smallest absolute Gasteiger partial charge is 0.301 e. The van der Waals surface area contributed by atoms with Crippen LogP contribution in [0.3, 0.4) is 0 Å². The number of nitrogens with zero attached hydrogens (tertiary/aromatic N) is 2. The Hall–Kier alpha value is 0.0700. The van der Waals surface area contributed by atoms with Gasteiger partial charge in [0.1, 0.15) is 0 Å². The fourth-order valence-electron chi connectivity index (χ4n) is 3.35. The number of hydrogen-bond acceptors (Lipinski definition) is 4. The van der Waals surface area contributed by atoms with Crippen LogP contribution in [-0.2, 0) is 13.6 Å². The molecule has 1 saturated carbocycles. The quantitative estimate of drug-likeness (QED) is 0.706. The van der Waals surface area contributed by atoms with Gasteiger partial charge in [0.25, 0.3) is 0 Å². The molecule has 0 bridgehead atoms. The lowest BCUT2D eigenvalue weighted by Crippen LogP contribution is -2.45. The van der Waals surface area contributed by atoms with Gasteiger partial charge < -0.3 is 4.90 Å². The molecule has 0 atom stereocenters. The highest BCUT2D eigenvalue weighted by Gasteiger charge is 2.33. The maximum absolute atomic E-state index is 12.3. The van der Waals surface area contributed by atoms with E-state index in [9.17, 15) is 4.57 Å². The lowest BCUT2D eigenvalue weighted by atomic mass is 9.87. The van der Waals surface area contributed by atoms with Crippen molar-refractivity contribution in [2.24, 2.45) is 5.92 Å². The highest BCUT2D eigenvalue weighted by Crippen LogP contribution is 2.50. The number of hydrogen-bond donors (Lipinski definition) is 0. The van der Waals surface area contributed by atoms with Gasteiger partial charge >= 0.3 is 7.75 Å². The molecule has 6 heteroatoms. The highest BCUT2D eigenvalue weighted by atomic mass is 31.2. The van der Waals surface area contributed by atoms with E-state index in [2.05, 4.69) is 4.90 Å². The molecule has 0 aromatic heterocycles. The minimum atomic E-state index is -3.02. The average molecular weight is 304 g/mol. The van der Waals surface area contributed by atoms with Gasteiger partial charge in [-0.25, -0.2) is 9.24 Å². The lowest BCUT2D eigenvalue weighted by Gasteiger charge is -2.37. The molecule has 1 heterocycles. The van der Waals surface area contributed by atoms with Crippen molar-refractivity contribution in [2.45, 2.75) is 38.5 Å². The van der Waals surface area contributed by atoms with Gasteiger partial charge in [-0.05, 0) is 18.9 Å². The summed E-state index contributed by atoms with van der Waals surface area (Å²) in [6, 6.07) is 0. The summed E-state index contributed by atoms with van der Waals surface area (Å²) in [5.41, 5.74) is 0. The Bertz CT molecular complexity index is 318. The Labute approximate surface area is 123 Å². The normalized spacial score (nSPS) is 24.1. The molecule has 0 aromatic carbocycles. The van der Waals surface area contributed by atoms with Crippen molar-refractivity contribution >= 4 is 7.75 Å². The summed E-state index contributed by atoms with van der Waals surface area (Å²) < 4.78 is 24.2. The largest absolute Gasteiger partial charge is 0.407 e. The Balaban J connectivity index is 1.70. The summed E-state index contributed by atoms with van der Waals surface area (Å²) in [5.74, 6) is 0.936. The summed E-state index contributed by atoms with van der Waals surface area (Å²) in [6.45, 7) is 4.64. The second kappa shape index (κ2) is 7.90. The van der Waals surface area contributed by atoms with Crippen molar-refractivity contribution in [1.82, 2.24) is 9.57 Å². The summed E-state index contributed by atoms with van der Waals surface area (Å²) in [4.78, 5) is 2.49. The summed E-state index contributed by atoms with van der Waals surface area (Å²) >= 11 is 0. The first-order chi connectivity index (χ1) is 9.68. The molecule has 1 aliphatic carbocycles. The average Bonchev–Trinajstić information content (AvgIpc) is 2.53. The summed E-state index contributed by atoms with van der Waals surface area (Å²) in [5, 5.41) is 0. The van der Waals surface area contributed by atoms with Crippen LogP contribution in [0.4, 0.5) is 0 Å². The Morgan fingerprint density at radius 2 is 1.60 bits per heavy atom. The van der Waals surface area contributed by atoms with Crippen LogP contribution in [0.1, 0.15) is 38.5 Å². The zero-order valence-corrected chi connectivity index (χ0v) is 13.8. The van der Waals surface area contributed by atoms with Gasteiger partial charge in [-0.3, -0.25) is 9.05 Å². The van der Waals surface area contributed by atoms with Crippen LogP contribution in [0.2, 0.25) is 0 Å². The predicted octanol–water partition coefficient (Wildman–Crippen LogP) is 2.98. The molecule has 0 spiro atoms. The molecule has 0 amide bonds. The topological polar surface area (TPSA) is 42.0 Å². The van der Waals surface area contributed by atoms with E-state index in [1.165, 1.54) is 59.3 Å². The van der Waals surface area contributed by atoms with Crippen LogP contribution in [-0.4, -0.2) is 56.5 Å². The summed E-state index contributed by atoms with van der Waals surface area (Å²) in [7, 11) is -0.106. The molecule has 0 aromatic rings. The second-order valence-corrected chi connectivity index (χ2v) is 8.15. The maximum Gasteiger partial charge on any atom is 0.407 e. The van der Waals surface area contributed by atoms with E-state index in [4.69, 9.17) is 9.05 Å². The minimum absolute atomic E-state index is 0.767. The van der Waals surface area contributed by atoms with Crippen LogP contribution >= 0.6 is 7.75 Å². The minimum Gasteiger partial charge on any atom is -0.301 e. The zero-order valence-electron chi connectivity index (χ0n) is 12.9. The van der Waals surface area contributed by atoms with Crippen molar-refractivity contribution in [3.05, 3.63) is 0 Å². The fraction of sp³-hybridized carbons (Fsp3) is 1.00. The maximum atomic E-state index is 12.3. The molecule has 1 aliphatic heterocycles. The van der Waals surface area contributed by atoms with E-state index >= 15 is 0 Å². The molecule has 2 rings (SSSR count). The Morgan fingerprint density at radius 1 is 1.00 bits per heavy atom. The Kier molecular flexibility index (Phi) is 6.50. The molecule has 5 nitrogen and oxygen atoms in total. The van der Waals surface area contributed by atoms with Crippen LogP contribution in [0.25, 0.3) is 0 Å². The van der Waals surface area contributed by atoms with E-state index in [-0.39, 0.29) is 0 Å². The molecule has 2 aliphatic rings. The van der Waals surface area contributed by atoms with Crippen molar-refractivity contribution in [2.75, 3.05) is 46.9 Å². The molecule has 0 N–H and O–H groups in total. The van der Waals surface area contributed by atoms with Gasteiger partial charge in [0.2, 0.25) is 0 Å². The van der Waals surface area contributed by atoms with Gasteiger partial charge in [0.05, 0.1) is 0 Å². The summed E-state index contributed by atoms with van der Waals surface area (Å²) in [6.07, 6.45) is 8.43. The highest BCUT2D eigenvalue weighted by molar-refractivity contribution is 7.51. The van der Waals surface area contributed by atoms with Crippen LogP contribution in [0.5, 0.6) is 0 Å². The van der Waals surface area contributed by atoms with Crippen molar-refractivity contribution in [1.29, 1.82) is 0 Å². The monoisotopic (exact) mass is 304 g/mol. The standard InChI is InChI=1S/C14H29N2O3P/c1-18-20(17,19-2)16-12-10-15(11-13-16)9-8-14-6-4-3-5-7-14/h14H,3-13H2,1-2H3.